The molecule has 0 radical (unpaired) electrons. The van der Waals surface area contributed by atoms with Gasteiger partial charge in [0.15, 0.2) is 0 Å². The summed E-state index contributed by atoms with van der Waals surface area (Å²) in [5.74, 6) is 1.42. The lowest BCUT2D eigenvalue weighted by Gasteiger charge is -2.19. The minimum atomic E-state index is -0.458. The summed E-state index contributed by atoms with van der Waals surface area (Å²) >= 11 is 0. The highest BCUT2D eigenvalue weighted by atomic mass is 16.5. The van der Waals surface area contributed by atoms with E-state index in [9.17, 15) is 4.79 Å². The first kappa shape index (κ1) is 20.4. The molecule has 0 fully saturated rings. The summed E-state index contributed by atoms with van der Waals surface area (Å²) < 4.78 is 10.4. The van der Waals surface area contributed by atoms with E-state index in [1.165, 1.54) is 5.56 Å². The van der Waals surface area contributed by atoms with E-state index in [0.29, 0.717) is 18.0 Å². The Hall–Kier alpha value is -3.31. The molecule has 0 aliphatic rings. The van der Waals surface area contributed by atoms with Crippen LogP contribution in [0.25, 0.3) is 0 Å². The number of hydrogen-bond donors (Lipinski definition) is 2. The summed E-state index contributed by atoms with van der Waals surface area (Å²) in [4.78, 5) is 13.0. The Morgan fingerprint density at radius 2 is 1.59 bits per heavy atom. The average Bonchev–Trinajstić information content (AvgIpc) is 2.77. The largest absolute Gasteiger partial charge is 0.497 e. The number of nitrogens with one attached hydrogen (secondary N) is 2. The van der Waals surface area contributed by atoms with Crippen LogP contribution in [0.2, 0.25) is 0 Å². The number of methoxy groups -OCH3 is 2. The van der Waals surface area contributed by atoms with Crippen LogP contribution in [-0.4, -0.2) is 26.7 Å². The number of ether oxygens (including phenoxy) is 2. The Balaban J connectivity index is 1.67. The van der Waals surface area contributed by atoms with Gasteiger partial charge in [0.2, 0.25) is 5.91 Å². The zero-order chi connectivity index (χ0) is 20.5. The fourth-order valence-electron chi connectivity index (χ4n) is 3.08. The van der Waals surface area contributed by atoms with Crippen molar-refractivity contribution in [1.29, 1.82) is 0 Å². The molecule has 0 unspecified atom stereocenters. The van der Waals surface area contributed by atoms with Crippen LogP contribution < -0.4 is 20.1 Å². The smallest absolute Gasteiger partial charge is 0.246 e. The monoisotopic (exact) mass is 390 g/mol. The van der Waals surface area contributed by atoms with Crippen molar-refractivity contribution >= 4 is 11.6 Å². The molecule has 150 valence electrons. The molecule has 29 heavy (non-hydrogen) atoms. The van der Waals surface area contributed by atoms with Crippen molar-refractivity contribution in [1.82, 2.24) is 5.32 Å². The zero-order valence-corrected chi connectivity index (χ0v) is 16.7. The maximum absolute atomic E-state index is 13.0. The SMILES string of the molecule is COc1ccc(CCN[C@@H](C(=O)Nc2cccc(OC)c2)c2ccccc2)cc1. The van der Waals surface area contributed by atoms with E-state index < -0.39 is 6.04 Å². The van der Waals surface area contributed by atoms with Gasteiger partial charge in [-0.25, -0.2) is 0 Å². The summed E-state index contributed by atoms with van der Waals surface area (Å²) in [7, 11) is 3.26. The lowest BCUT2D eigenvalue weighted by Crippen LogP contribution is -2.34. The fraction of sp³-hybridized carbons (Fsp3) is 0.208. The molecular formula is C24H26N2O3. The van der Waals surface area contributed by atoms with Crippen molar-refractivity contribution < 1.29 is 14.3 Å². The zero-order valence-electron chi connectivity index (χ0n) is 16.7. The Morgan fingerprint density at radius 1 is 0.862 bits per heavy atom. The van der Waals surface area contributed by atoms with E-state index in [1.54, 1.807) is 20.3 Å². The number of carbonyl (C=O) groups excluding carboxylic acids is 1. The van der Waals surface area contributed by atoms with Gasteiger partial charge < -0.3 is 20.1 Å². The molecule has 5 nitrogen and oxygen atoms in total. The fourth-order valence-corrected chi connectivity index (χ4v) is 3.08. The molecule has 0 saturated heterocycles. The third-order valence-electron chi connectivity index (χ3n) is 4.65. The van der Waals surface area contributed by atoms with Gasteiger partial charge >= 0.3 is 0 Å². The molecule has 5 heteroatoms. The molecule has 0 bridgehead atoms. The molecule has 0 spiro atoms. The standard InChI is InChI=1S/C24H26N2O3/c1-28-21-13-11-18(12-14-21)15-16-25-23(19-7-4-3-5-8-19)24(27)26-20-9-6-10-22(17-20)29-2/h3-14,17,23,25H,15-16H2,1-2H3,(H,26,27)/t23-/m1/s1. The second-order valence-corrected chi connectivity index (χ2v) is 6.62. The second-order valence-electron chi connectivity index (χ2n) is 6.62. The van der Waals surface area contributed by atoms with Crippen molar-refractivity contribution in [2.24, 2.45) is 0 Å². The quantitative estimate of drug-likeness (QED) is 0.574. The lowest BCUT2D eigenvalue weighted by atomic mass is 10.1. The van der Waals surface area contributed by atoms with Gasteiger partial charge in [-0.2, -0.15) is 0 Å². The molecule has 0 aliphatic carbocycles. The van der Waals surface area contributed by atoms with Gasteiger partial charge in [0, 0.05) is 18.3 Å². The van der Waals surface area contributed by atoms with Crippen LogP contribution in [0.1, 0.15) is 17.2 Å². The normalized spacial score (nSPS) is 11.5. The Labute approximate surface area is 171 Å². The molecule has 1 atom stereocenters. The number of hydrogen-bond acceptors (Lipinski definition) is 4. The minimum absolute atomic E-state index is 0.112. The van der Waals surface area contributed by atoms with Crippen LogP contribution in [0, 0.1) is 0 Å². The summed E-state index contributed by atoms with van der Waals surface area (Å²) in [6.45, 7) is 0.664. The van der Waals surface area contributed by atoms with Gasteiger partial charge in [-0.15, -0.1) is 0 Å². The molecule has 3 aromatic carbocycles. The van der Waals surface area contributed by atoms with E-state index >= 15 is 0 Å². The minimum Gasteiger partial charge on any atom is -0.497 e. The third kappa shape index (κ3) is 5.83. The molecule has 0 aromatic heterocycles. The molecule has 3 rings (SSSR count). The van der Waals surface area contributed by atoms with Crippen molar-refractivity contribution in [3.8, 4) is 11.5 Å². The molecule has 2 N–H and O–H groups in total. The number of benzene rings is 3. The first-order valence-corrected chi connectivity index (χ1v) is 9.56. The number of amides is 1. The maximum atomic E-state index is 13.0. The molecule has 3 aromatic rings. The van der Waals surface area contributed by atoms with Gasteiger partial charge in [-0.1, -0.05) is 48.5 Å². The van der Waals surface area contributed by atoms with Crippen LogP contribution in [0.5, 0.6) is 11.5 Å². The first-order valence-electron chi connectivity index (χ1n) is 9.56. The first-order chi connectivity index (χ1) is 14.2. The Morgan fingerprint density at radius 3 is 2.28 bits per heavy atom. The number of anilines is 1. The highest BCUT2D eigenvalue weighted by Gasteiger charge is 2.20. The van der Waals surface area contributed by atoms with Gasteiger partial charge in [0.05, 0.1) is 14.2 Å². The molecular weight excluding hydrogens is 364 g/mol. The average molecular weight is 390 g/mol. The summed E-state index contributed by atoms with van der Waals surface area (Å²) in [5.41, 5.74) is 2.80. The van der Waals surface area contributed by atoms with E-state index in [0.717, 1.165) is 17.7 Å². The Kier molecular flexibility index (Phi) is 7.25. The van der Waals surface area contributed by atoms with Gasteiger partial charge in [-0.3, -0.25) is 4.79 Å². The molecule has 0 heterocycles. The van der Waals surface area contributed by atoms with Crippen LogP contribution >= 0.6 is 0 Å². The third-order valence-corrected chi connectivity index (χ3v) is 4.65. The molecule has 1 amide bonds. The second kappa shape index (κ2) is 10.3. The van der Waals surface area contributed by atoms with Gasteiger partial charge in [0.1, 0.15) is 17.5 Å². The summed E-state index contributed by atoms with van der Waals surface area (Å²) in [6.07, 6.45) is 0.805. The van der Waals surface area contributed by atoms with E-state index in [4.69, 9.17) is 9.47 Å². The maximum Gasteiger partial charge on any atom is 0.246 e. The lowest BCUT2D eigenvalue weighted by molar-refractivity contribution is -0.118. The number of rotatable bonds is 9. The highest BCUT2D eigenvalue weighted by Crippen LogP contribution is 2.20. The van der Waals surface area contributed by atoms with Gasteiger partial charge in [0.25, 0.3) is 0 Å². The topological polar surface area (TPSA) is 59.6 Å². The summed E-state index contributed by atoms with van der Waals surface area (Å²) in [5, 5.41) is 6.37. The van der Waals surface area contributed by atoms with Crippen LogP contribution in [0.3, 0.4) is 0 Å². The van der Waals surface area contributed by atoms with Crippen molar-refractivity contribution in [3.05, 3.63) is 90.0 Å². The van der Waals surface area contributed by atoms with Crippen LogP contribution in [0.15, 0.2) is 78.9 Å². The van der Waals surface area contributed by atoms with E-state index in [-0.39, 0.29) is 5.91 Å². The Bertz CT molecular complexity index is 911. The van der Waals surface area contributed by atoms with Crippen LogP contribution in [-0.2, 0) is 11.2 Å². The van der Waals surface area contributed by atoms with E-state index in [1.807, 2.05) is 72.8 Å². The van der Waals surface area contributed by atoms with E-state index in [2.05, 4.69) is 10.6 Å². The van der Waals surface area contributed by atoms with Crippen LogP contribution in [0.4, 0.5) is 5.69 Å². The van der Waals surface area contributed by atoms with Crippen molar-refractivity contribution in [3.63, 3.8) is 0 Å². The summed E-state index contributed by atoms with van der Waals surface area (Å²) in [6, 6.07) is 24.6. The molecule has 0 saturated carbocycles. The van der Waals surface area contributed by atoms with Gasteiger partial charge in [-0.05, 0) is 41.8 Å². The predicted octanol–water partition coefficient (Wildman–Crippen LogP) is 4.22. The predicted molar refractivity (Wildman–Crippen MR) is 116 cm³/mol. The number of carbonyl (C=O) groups is 1. The molecule has 0 aliphatic heterocycles. The van der Waals surface area contributed by atoms with Crippen molar-refractivity contribution in [2.75, 3.05) is 26.1 Å². The van der Waals surface area contributed by atoms with Crippen molar-refractivity contribution in [2.45, 2.75) is 12.5 Å². The highest BCUT2D eigenvalue weighted by molar-refractivity contribution is 5.95.